The van der Waals surface area contributed by atoms with Crippen LogP contribution in [0.25, 0.3) is 10.9 Å². The first kappa shape index (κ1) is 18.3. The standard InChI is InChI=1S/C22H26N2O2S/c1-3-13-23-18-8-6-17-7-11-22-20(21(17)15-18)12-14-24(22)27(25,26)19-9-4-16(2)5-10-19/h4-5,7,9-12,14,18,23H,3,6,8,13,15H2,1-2H3/t18-/m0/s1. The van der Waals surface area contributed by atoms with Crippen molar-refractivity contribution in [1.82, 2.24) is 9.29 Å². The highest BCUT2D eigenvalue weighted by Gasteiger charge is 2.24. The molecule has 0 unspecified atom stereocenters. The normalized spacial score (nSPS) is 17.2. The van der Waals surface area contributed by atoms with E-state index in [1.54, 1.807) is 18.3 Å². The summed E-state index contributed by atoms with van der Waals surface area (Å²) in [6.45, 7) is 5.16. The van der Waals surface area contributed by atoms with Gasteiger partial charge in [-0.15, -0.1) is 0 Å². The molecule has 5 heteroatoms. The quantitative estimate of drug-likeness (QED) is 0.724. The van der Waals surface area contributed by atoms with Gasteiger partial charge in [0.2, 0.25) is 0 Å². The summed E-state index contributed by atoms with van der Waals surface area (Å²) in [6.07, 6.45) is 5.96. The first-order valence-corrected chi connectivity index (χ1v) is 11.1. The van der Waals surface area contributed by atoms with Crippen LogP contribution in [0.15, 0.2) is 53.6 Å². The van der Waals surface area contributed by atoms with Crippen LogP contribution < -0.4 is 5.32 Å². The molecule has 0 aliphatic heterocycles. The monoisotopic (exact) mass is 382 g/mol. The number of hydrogen-bond acceptors (Lipinski definition) is 3. The van der Waals surface area contributed by atoms with Gasteiger partial charge in [0.25, 0.3) is 10.0 Å². The number of aryl methyl sites for hydroxylation is 2. The zero-order valence-corrected chi connectivity index (χ0v) is 16.7. The summed E-state index contributed by atoms with van der Waals surface area (Å²) in [5.74, 6) is 0. The molecule has 0 bridgehead atoms. The van der Waals surface area contributed by atoms with Crippen molar-refractivity contribution in [3.63, 3.8) is 0 Å². The van der Waals surface area contributed by atoms with Crippen LogP contribution in [-0.2, 0) is 22.9 Å². The minimum absolute atomic E-state index is 0.325. The lowest BCUT2D eigenvalue weighted by molar-refractivity contribution is 0.460. The highest BCUT2D eigenvalue weighted by atomic mass is 32.2. The summed E-state index contributed by atoms with van der Waals surface area (Å²) < 4.78 is 27.7. The lowest BCUT2D eigenvalue weighted by Crippen LogP contribution is -2.35. The molecular weight excluding hydrogens is 356 g/mol. The fraction of sp³-hybridized carbons (Fsp3) is 0.364. The Hall–Kier alpha value is -2.11. The Kier molecular flexibility index (Phi) is 4.82. The molecule has 1 N–H and O–H groups in total. The van der Waals surface area contributed by atoms with Crippen LogP contribution in [0.5, 0.6) is 0 Å². The SMILES string of the molecule is CCCN[C@H]1CCc2ccc3c(ccn3S(=O)(=O)c3ccc(C)cc3)c2C1. The van der Waals surface area contributed by atoms with Crippen LogP contribution in [0, 0.1) is 6.92 Å². The summed E-state index contributed by atoms with van der Waals surface area (Å²) in [7, 11) is -3.59. The number of aromatic nitrogens is 1. The van der Waals surface area contributed by atoms with E-state index in [1.807, 2.05) is 31.2 Å². The van der Waals surface area contributed by atoms with Crippen molar-refractivity contribution in [2.75, 3.05) is 6.54 Å². The molecule has 1 atom stereocenters. The molecular formula is C22H26N2O2S. The van der Waals surface area contributed by atoms with Crippen LogP contribution in [0.2, 0.25) is 0 Å². The van der Waals surface area contributed by atoms with Crippen molar-refractivity contribution in [3.8, 4) is 0 Å². The molecule has 0 amide bonds. The van der Waals surface area contributed by atoms with E-state index in [-0.39, 0.29) is 0 Å². The first-order valence-electron chi connectivity index (χ1n) is 9.68. The molecule has 0 radical (unpaired) electrons. The van der Waals surface area contributed by atoms with E-state index >= 15 is 0 Å². The third kappa shape index (κ3) is 3.30. The molecule has 2 aromatic carbocycles. The Labute approximate surface area is 161 Å². The minimum atomic E-state index is -3.59. The Balaban J connectivity index is 1.76. The minimum Gasteiger partial charge on any atom is -0.314 e. The van der Waals surface area contributed by atoms with Crippen molar-refractivity contribution >= 4 is 20.9 Å². The van der Waals surface area contributed by atoms with Gasteiger partial charge in [-0.25, -0.2) is 12.4 Å². The fourth-order valence-corrected chi connectivity index (χ4v) is 5.35. The van der Waals surface area contributed by atoms with E-state index < -0.39 is 10.0 Å². The zero-order valence-electron chi connectivity index (χ0n) is 15.9. The van der Waals surface area contributed by atoms with E-state index in [0.717, 1.165) is 48.7 Å². The van der Waals surface area contributed by atoms with Crippen molar-refractivity contribution in [2.45, 2.75) is 50.5 Å². The van der Waals surface area contributed by atoms with Gasteiger partial charge >= 0.3 is 0 Å². The van der Waals surface area contributed by atoms with Gasteiger partial charge in [0, 0.05) is 17.6 Å². The molecule has 0 saturated carbocycles. The van der Waals surface area contributed by atoms with Gasteiger partial charge in [-0.05, 0) is 74.5 Å². The predicted molar refractivity (Wildman–Crippen MR) is 110 cm³/mol. The number of rotatable bonds is 5. The molecule has 3 aromatic rings. The maximum atomic E-state index is 13.1. The second-order valence-electron chi connectivity index (χ2n) is 7.46. The smallest absolute Gasteiger partial charge is 0.268 e. The summed E-state index contributed by atoms with van der Waals surface area (Å²) in [5.41, 5.74) is 4.46. The molecule has 0 fully saturated rings. The Morgan fingerprint density at radius 3 is 2.63 bits per heavy atom. The Bertz CT molecular complexity index is 1070. The second-order valence-corrected chi connectivity index (χ2v) is 9.27. The van der Waals surface area contributed by atoms with Crippen LogP contribution in [0.4, 0.5) is 0 Å². The molecule has 4 nitrogen and oxygen atoms in total. The van der Waals surface area contributed by atoms with E-state index in [0.29, 0.717) is 10.9 Å². The van der Waals surface area contributed by atoms with E-state index in [1.165, 1.54) is 15.1 Å². The van der Waals surface area contributed by atoms with E-state index in [4.69, 9.17) is 0 Å². The lowest BCUT2D eigenvalue weighted by Gasteiger charge is -2.26. The zero-order chi connectivity index (χ0) is 19.0. The third-order valence-electron chi connectivity index (χ3n) is 5.52. The molecule has 4 rings (SSSR count). The van der Waals surface area contributed by atoms with Crippen LogP contribution in [-0.4, -0.2) is 25.0 Å². The molecule has 0 saturated heterocycles. The van der Waals surface area contributed by atoms with Crippen molar-refractivity contribution in [2.24, 2.45) is 0 Å². The first-order chi connectivity index (χ1) is 13.0. The highest BCUT2D eigenvalue weighted by molar-refractivity contribution is 7.90. The fourth-order valence-electron chi connectivity index (χ4n) is 4.01. The van der Waals surface area contributed by atoms with Gasteiger partial charge in [-0.1, -0.05) is 30.7 Å². The molecule has 1 aromatic heterocycles. The van der Waals surface area contributed by atoms with Crippen LogP contribution >= 0.6 is 0 Å². The average molecular weight is 383 g/mol. The molecule has 1 aliphatic rings. The van der Waals surface area contributed by atoms with Crippen molar-refractivity contribution in [1.29, 1.82) is 0 Å². The highest BCUT2D eigenvalue weighted by Crippen LogP contribution is 2.31. The molecule has 0 spiro atoms. The van der Waals surface area contributed by atoms with Gasteiger partial charge in [0.15, 0.2) is 0 Å². The number of fused-ring (bicyclic) bond motifs is 3. The topological polar surface area (TPSA) is 51.1 Å². The number of nitrogens with one attached hydrogen (secondary N) is 1. The molecule has 142 valence electrons. The van der Waals surface area contributed by atoms with Gasteiger partial charge in [-0.3, -0.25) is 0 Å². The largest absolute Gasteiger partial charge is 0.314 e. The number of hydrogen-bond donors (Lipinski definition) is 1. The molecule has 1 aliphatic carbocycles. The predicted octanol–water partition coefficient (Wildman–Crippen LogP) is 4.04. The average Bonchev–Trinajstić information content (AvgIpc) is 3.12. The number of benzene rings is 2. The summed E-state index contributed by atoms with van der Waals surface area (Å²) in [6, 6.07) is 13.5. The number of nitrogens with zero attached hydrogens (tertiary/aromatic N) is 1. The van der Waals surface area contributed by atoms with Crippen molar-refractivity contribution < 1.29 is 8.42 Å². The summed E-state index contributed by atoms with van der Waals surface area (Å²) in [4.78, 5) is 0.325. The van der Waals surface area contributed by atoms with Gasteiger partial charge in [0.1, 0.15) is 0 Å². The second kappa shape index (κ2) is 7.13. The Morgan fingerprint density at radius 1 is 1.11 bits per heavy atom. The summed E-state index contributed by atoms with van der Waals surface area (Å²) >= 11 is 0. The van der Waals surface area contributed by atoms with Gasteiger partial charge in [0.05, 0.1) is 10.4 Å². The van der Waals surface area contributed by atoms with Crippen molar-refractivity contribution in [3.05, 3.63) is 65.4 Å². The molecule has 1 heterocycles. The van der Waals surface area contributed by atoms with E-state index in [9.17, 15) is 8.42 Å². The van der Waals surface area contributed by atoms with E-state index in [2.05, 4.69) is 18.3 Å². The van der Waals surface area contributed by atoms with Crippen LogP contribution in [0.3, 0.4) is 0 Å². The maximum absolute atomic E-state index is 13.1. The third-order valence-corrected chi connectivity index (χ3v) is 7.22. The van der Waals surface area contributed by atoms with Gasteiger partial charge < -0.3 is 5.32 Å². The Morgan fingerprint density at radius 2 is 1.89 bits per heavy atom. The lowest BCUT2D eigenvalue weighted by atomic mass is 9.86. The maximum Gasteiger partial charge on any atom is 0.268 e. The van der Waals surface area contributed by atoms with Gasteiger partial charge in [-0.2, -0.15) is 0 Å². The van der Waals surface area contributed by atoms with Crippen LogP contribution in [0.1, 0.15) is 36.5 Å². The summed E-state index contributed by atoms with van der Waals surface area (Å²) in [5, 5.41) is 4.68. The molecule has 27 heavy (non-hydrogen) atoms.